The maximum Gasteiger partial charge on any atom is 0.199 e. The van der Waals surface area contributed by atoms with Crippen molar-refractivity contribution in [3.63, 3.8) is 0 Å². The molecule has 0 saturated carbocycles. The molecule has 0 radical (unpaired) electrons. The Morgan fingerprint density at radius 2 is 1.56 bits per heavy atom. The van der Waals surface area contributed by atoms with Crippen LogP contribution >= 0.6 is 0 Å². The second kappa shape index (κ2) is 11.6. The van der Waals surface area contributed by atoms with E-state index in [9.17, 15) is 5.11 Å². The van der Waals surface area contributed by atoms with Crippen LogP contribution in [-0.2, 0) is 0 Å². The van der Waals surface area contributed by atoms with Gasteiger partial charge in [0.15, 0.2) is 17.4 Å². The van der Waals surface area contributed by atoms with Crippen molar-refractivity contribution in [3.8, 4) is 23.1 Å². The third-order valence-electron chi connectivity index (χ3n) is 5.61. The Bertz CT molecular complexity index is 1310. The van der Waals surface area contributed by atoms with Crippen LogP contribution in [0.3, 0.4) is 0 Å². The number of ether oxygens (including phenoxy) is 3. The summed E-state index contributed by atoms with van der Waals surface area (Å²) in [4.78, 5) is 10.1. The molecule has 36 heavy (non-hydrogen) atoms. The molecule has 7 nitrogen and oxygen atoms in total. The predicted molar refractivity (Wildman–Crippen MR) is 145 cm³/mol. The lowest BCUT2D eigenvalue weighted by molar-refractivity contribution is 0.261. The summed E-state index contributed by atoms with van der Waals surface area (Å²) in [7, 11) is 4.03. The van der Waals surface area contributed by atoms with Gasteiger partial charge in [-0.1, -0.05) is 30.3 Å². The minimum Gasteiger partial charge on any atom is -0.494 e. The van der Waals surface area contributed by atoms with Crippen molar-refractivity contribution in [2.24, 2.45) is 4.99 Å². The minimum atomic E-state index is 0.0346. The van der Waals surface area contributed by atoms with E-state index in [1.165, 1.54) is 0 Å². The van der Waals surface area contributed by atoms with Gasteiger partial charge in [0.25, 0.3) is 0 Å². The molecule has 0 aliphatic carbocycles. The van der Waals surface area contributed by atoms with Crippen LogP contribution in [-0.4, -0.2) is 61.2 Å². The Hall–Kier alpha value is -3.97. The summed E-state index contributed by atoms with van der Waals surface area (Å²) in [6, 6.07) is 21.2. The molecule has 0 bridgehead atoms. The molecule has 188 valence electrons. The van der Waals surface area contributed by atoms with E-state index >= 15 is 0 Å². The number of fused-ring (bicyclic) bond motifs is 1. The van der Waals surface area contributed by atoms with Crippen molar-refractivity contribution in [3.05, 3.63) is 77.9 Å². The van der Waals surface area contributed by atoms with E-state index in [4.69, 9.17) is 19.2 Å². The molecular formula is C29H33N3O4. The molecule has 0 spiro atoms. The van der Waals surface area contributed by atoms with Gasteiger partial charge in [0.1, 0.15) is 12.4 Å². The Kier molecular flexibility index (Phi) is 8.13. The van der Waals surface area contributed by atoms with Gasteiger partial charge in [-0.3, -0.25) is 0 Å². The van der Waals surface area contributed by atoms with Gasteiger partial charge < -0.3 is 29.2 Å². The van der Waals surface area contributed by atoms with Crippen molar-refractivity contribution in [1.82, 2.24) is 9.88 Å². The zero-order chi connectivity index (χ0) is 25.5. The summed E-state index contributed by atoms with van der Waals surface area (Å²) < 4.78 is 17.4. The number of aromatic hydroxyl groups is 1. The fourth-order valence-corrected chi connectivity index (χ4v) is 3.92. The quantitative estimate of drug-likeness (QED) is 0.262. The maximum atomic E-state index is 11.0. The van der Waals surface area contributed by atoms with Crippen molar-refractivity contribution >= 4 is 22.3 Å². The average Bonchev–Trinajstić information content (AvgIpc) is 3.18. The van der Waals surface area contributed by atoms with Crippen molar-refractivity contribution in [2.45, 2.75) is 13.8 Å². The van der Waals surface area contributed by atoms with Gasteiger partial charge in [0.05, 0.1) is 35.7 Å². The number of nitrogens with one attached hydrogen (secondary N) is 1. The molecule has 2 N–H and O–H groups in total. The fraction of sp³-hybridized carbons (Fsp3) is 0.276. The average molecular weight is 488 g/mol. The van der Waals surface area contributed by atoms with Crippen LogP contribution in [0.1, 0.15) is 25.0 Å². The Morgan fingerprint density at radius 1 is 0.889 bits per heavy atom. The molecule has 0 unspecified atom stereocenters. The second-order valence-corrected chi connectivity index (χ2v) is 8.53. The van der Waals surface area contributed by atoms with Crippen LogP contribution in [0.5, 0.6) is 23.1 Å². The number of hydrogen-bond acceptors (Lipinski definition) is 6. The van der Waals surface area contributed by atoms with Crippen molar-refractivity contribution in [2.75, 3.05) is 40.5 Å². The molecule has 3 aromatic carbocycles. The van der Waals surface area contributed by atoms with E-state index < -0.39 is 0 Å². The highest BCUT2D eigenvalue weighted by Crippen LogP contribution is 2.38. The summed E-state index contributed by atoms with van der Waals surface area (Å²) in [6.07, 6.45) is 0. The van der Waals surface area contributed by atoms with Crippen LogP contribution < -0.4 is 14.2 Å². The van der Waals surface area contributed by atoms with Crippen LogP contribution in [0.4, 0.5) is 5.69 Å². The number of aromatic nitrogens is 1. The number of aliphatic imine (C=N–C) groups is 1. The number of nitrogens with zero attached hydrogens (tertiary/aromatic N) is 2. The van der Waals surface area contributed by atoms with Gasteiger partial charge in [-0.25, -0.2) is 4.99 Å². The monoisotopic (exact) mass is 487 g/mol. The maximum absolute atomic E-state index is 11.0. The molecule has 0 saturated heterocycles. The number of H-pyrrole nitrogens is 1. The van der Waals surface area contributed by atoms with Crippen LogP contribution in [0.25, 0.3) is 10.9 Å². The third-order valence-corrected chi connectivity index (χ3v) is 5.61. The minimum absolute atomic E-state index is 0.0346. The summed E-state index contributed by atoms with van der Waals surface area (Å²) in [6.45, 7) is 6.32. The van der Waals surface area contributed by atoms with Crippen molar-refractivity contribution < 1.29 is 19.3 Å². The van der Waals surface area contributed by atoms with E-state index in [1.807, 2.05) is 94.7 Å². The zero-order valence-electron chi connectivity index (χ0n) is 21.2. The number of hydrogen-bond donors (Lipinski definition) is 2. The Labute approximate surface area is 212 Å². The highest BCUT2D eigenvalue weighted by atomic mass is 16.5. The highest BCUT2D eigenvalue weighted by Gasteiger charge is 2.21. The largest absolute Gasteiger partial charge is 0.494 e. The van der Waals surface area contributed by atoms with E-state index in [0.29, 0.717) is 42.6 Å². The van der Waals surface area contributed by atoms with Crippen molar-refractivity contribution in [1.29, 1.82) is 0 Å². The van der Waals surface area contributed by atoms with Crippen LogP contribution in [0.15, 0.2) is 71.7 Å². The molecule has 4 rings (SSSR count). The summed E-state index contributed by atoms with van der Waals surface area (Å²) in [5.41, 5.74) is 3.62. The van der Waals surface area contributed by atoms with Crippen LogP contribution in [0.2, 0.25) is 0 Å². The highest BCUT2D eigenvalue weighted by molar-refractivity contribution is 6.22. The van der Waals surface area contributed by atoms with Gasteiger partial charge >= 0.3 is 0 Å². The first kappa shape index (κ1) is 25.1. The first-order valence-electron chi connectivity index (χ1n) is 12.2. The number of benzene rings is 3. The predicted octanol–water partition coefficient (Wildman–Crippen LogP) is 5.78. The smallest absolute Gasteiger partial charge is 0.199 e. The third kappa shape index (κ3) is 5.80. The first-order chi connectivity index (χ1) is 17.5. The molecule has 1 aromatic heterocycles. The van der Waals surface area contributed by atoms with E-state index in [2.05, 4.69) is 9.88 Å². The molecule has 0 aliphatic rings. The molecule has 4 aromatic rings. The molecule has 0 atom stereocenters. The van der Waals surface area contributed by atoms with E-state index in [-0.39, 0.29) is 5.88 Å². The van der Waals surface area contributed by atoms with Crippen LogP contribution in [0, 0.1) is 0 Å². The van der Waals surface area contributed by atoms with Gasteiger partial charge in [0.2, 0.25) is 0 Å². The lowest BCUT2D eigenvalue weighted by Gasteiger charge is -2.12. The zero-order valence-corrected chi connectivity index (χ0v) is 21.2. The lowest BCUT2D eigenvalue weighted by atomic mass is 10.0. The van der Waals surface area contributed by atoms with Gasteiger partial charge in [-0.15, -0.1) is 0 Å². The van der Waals surface area contributed by atoms with E-state index in [0.717, 1.165) is 34.4 Å². The second-order valence-electron chi connectivity index (χ2n) is 8.53. The topological polar surface area (TPSA) is 79.3 Å². The first-order valence-corrected chi connectivity index (χ1v) is 12.2. The SMILES string of the molecule is CCOc1cc2[nH]c(O)c(C(=Nc3ccc(OCCN(C)C)cc3)c3ccccc3)c2cc1OCC. The van der Waals surface area contributed by atoms with Gasteiger partial charge in [-0.2, -0.15) is 0 Å². The Balaban J connectivity index is 1.79. The van der Waals surface area contributed by atoms with E-state index in [1.54, 1.807) is 0 Å². The lowest BCUT2D eigenvalue weighted by Crippen LogP contribution is -2.19. The summed E-state index contributed by atoms with van der Waals surface area (Å²) in [5.74, 6) is 2.07. The molecule has 7 heteroatoms. The standard InChI is InChI=1S/C29H33N3O4/c1-5-34-25-18-23-24(19-26(25)35-6-2)31-29(33)27(23)28(20-10-8-7-9-11-20)30-21-12-14-22(15-13-21)36-17-16-32(3)4/h7-15,18-19,31,33H,5-6,16-17H2,1-4H3. The molecular weight excluding hydrogens is 454 g/mol. The number of likely N-dealkylation sites (N-methyl/N-ethyl adjacent to an activating group) is 1. The summed E-state index contributed by atoms with van der Waals surface area (Å²) in [5, 5.41) is 11.8. The Morgan fingerprint density at radius 3 is 2.19 bits per heavy atom. The van der Waals surface area contributed by atoms with Gasteiger partial charge in [-0.05, 0) is 58.3 Å². The molecule has 0 aliphatic heterocycles. The number of rotatable bonds is 11. The van der Waals surface area contributed by atoms with Gasteiger partial charge in [0, 0.05) is 23.6 Å². The number of aromatic amines is 1. The normalized spacial score (nSPS) is 11.8. The fourth-order valence-electron chi connectivity index (χ4n) is 3.92. The molecule has 0 fully saturated rings. The molecule has 1 heterocycles. The molecule has 0 amide bonds. The summed E-state index contributed by atoms with van der Waals surface area (Å²) >= 11 is 0.